The number of nitriles is 1. The number of hydrogen-bond donors (Lipinski definition) is 0. The molecular formula is C15H20N2O3. The Hall–Kier alpha value is -2.09. The lowest BCUT2D eigenvalue weighted by atomic mass is 9.90. The van der Waals surface area contributed by atoms with Crippen LogP contribution in [0.4, 0.5) is 5.69 Å². The predicted octanol–water partition coefficient (Wildman–Crippen LogP) is 3.87. The molecule has 0 heterocycles. The largest absolute Gasteiger partial charge is 0.487 e. The van der Waals surface area contributed by atoms with E-state index in [1.807, 2.05) is 26.8 Å². The first-order chi connectivity index (χ1) is 9.39. The van der Waals surface area contributed by atoms with Crippen molar-refractivity contribution in [1.29, 1.82) is 5.26 Å². The van der Waals surface area contributed by atoms with Crippen LogP contribution in [0.1, 0.15) is 39.2 Å². The highest BCUT2D eigenvalue weighted by Gasteiger charge is 2.18. The summed E-state index contributed by atoms with van der Waals surface area (Å²) in [5, 5.41) is 19.9. The van der Waals surface area contributed by atoms with Crippen molar-refractivity contribution in [2.75, 3.05) is 6.61 Å². The number of rotatable bonds is 7. The summed E-state index contributed by atoms with van der Waals surface area (Å²) in [6.07, 6.45) is 2.13. The second-order valence-electron chi connectivity index (χ2n) is 5.36. The van der Waals surface area contributed by atoms with E-state index in [2.05, 4.69) is 6.07 Å². The summed E-state index contributed by atoms with van der Waals surface area (Å²) >= 11 is 0. The normalized spacial score (nSPS) is 10.9. The Labute approximate surface area is 119 Å². The molecule has 0 aliphatic carbocycles. The SMILES string of the molecule is CCc1ccc(OCCCC(C)(C)C#N)c([N+](=O)[O-])c1. The number of aryl methyl sites for hydroxylation is 1. The monoisotopic (exact) mass is 276 g/mol. The molecule has 0 fully saturated rings. The van der Waals surface area contributed by atoms with Crippen LogP contribution in [0.2, 0.25) is 0 Å². The van der Waals surface area contributed by atoms with E-state index in [0.29, 0.717) is 25.2 Å². The number of nitro groups is 1. The van der Waals surface area contributed by atoms with Gasteiger partial charge in [-0.15, -0.1) is 0 Å². The summed E-state index contributed by atoms with van der Waals surface area (Å²) in [7, 11) is 0. The molecule has 0 aliphatic rings. The first-order valence-electron chi connectivity index (χ1n) is 6.71. The fourth-order valence-electron chi connectivity index (χ4n) is 1.80. The summed E-state index contributed by atoms with van der Waals surface area (Å²) in [5.41, 5.74) is 0.528. The smallest absolute Gasteiger partial charge is 0.311 e. The van der Waals surface area contributed by atoms with Gasteiger partial charge in [-0.25, -0.2) is 0 Å². The average Bonchev–Trinajstić information content (AvgIpc) is 2.43. The van der Waals surface area contributed by atoms with Crippen molar-refractivity contribution in [2.24, 2.45) is 5.41 Å². The van der Waals surface area contributed by atoms with Gasteiger partial charge < -0.3 is 4.74 Å². The summed E-state index contributed by atoms with van der Waals surface area (Å²) in [4.78, 5) is 10.6. The molecule has 0 unspecified atom stereocenters. The third-order valence-electron chi connectivity index (χ3n) is 3.13. The van der Waals surface area contributed by atoms with E-state index in [1.54, 1.807) is 12.1 Å². The van der Waals surface area contributed by atoms with Crippen LogP contribution in [0, 0.1) is 26.9 Å². The highest BCUT2D eigenvalue weighted by molar-refractivity contribution is 5.48. The fourth-order valence-corrected chi connectivity index (χ4v) is 1.80. The van der Waals surface area contributed by atoms with Gasteiger partial charge in [-0.2, -0.15) is 5.26 Å². The first-order valence-corrected chi connectivity index (χ1v) is 6.71. The van der Waals surface area contributed by atoms with Crippen molar-refractivity contribution in [3.05, 3.63) is 33.9 Å². The Morgan fingerprint density at radius 2 is 2.15 bits per heavy atom. The second kappa shape index (κ2) is 6.90. The molecule has 0 atom stereocenters. The van der Waals surface area contributed by atoms with Crippen LogP contribution >= 0.6 is 0 Å². The molecule has 0 N–H and O–H groups in total. The molecule has 0 spiro atoms. The second-order valence-corrected chi connectivity index (χ2v) is 5.36. The van der Waals surface area contributed by atoms with Crippen molar-refractivity contribution >= 4 is 5.69 Å². The zero-order valence-electron chi connectivity index (χ0n) is 12.2. The Morgan fingerprint density at radius 3 is 2.70 bits per heavy atom. The Morgan fingerprint density at radius 1 is 1.45 bits per heavy atom. The molecule has 5 nitrogen and oxygen atoms in total. The van der Waals surface area contributed by atoms with Crippen LogP contribution < -0.4 is 4.74 Å². The van der Waals surface area contributed by atoms with E-state index < -0.39 is 4.92 Å². The van der Waals surface area contributed by atoms with E-state index >= 15 is 0 Å². The maximum Gasteiger partial charge on any atom is 0.311 e. The molecule has 0 radical (unpaired) electrons. The lowest BCUT2D eigenvalue weighted by molar-refractivity contribution is -0.385. The van der Waals surface area contributed by atoms with Crippen molar-refractivity contribution in [3.8, 4) is 11.8 Å². The van der Waals surface area contributed by atoms with Gasteiger partial charge in [0.15, 0.2) is 5.75 Å². The predicted molar refractivity (Wildman–Crippen MR) is 76.6 cm³/mol. The lowest BCUT2D eigenvalue weighted by Crippen LogP contribution is -2.10. The van der Waals surface area contributed by atoms with Crippen molar-refractivity contribution in [1.82, 2.24) is 0 Å². The highest BCUT2D eigenvalue weighted by atomic mass is 16.6. The van der Waals surface area contributed by atoms with Crippen molar-refractivity contribution in [2.45, 2.75) is 40.0 Å². The van der Waals surface area contributed by atoms with Gasteiger partial charge in [0.25, 0.3) is 0 Å². The molecule has 1 aromatic rings. The number of nitro benzene ring substituents is 1. The van der Waals surface area contributed by atoms with Crippen LogP contribution in [0.25, 0.3) is 0 Å². The van der Waals surface area contributed by atoms with Gasteiger partial charge in [-0.1, -0.05) is 13.0 Å². The molecule has 0 bridgehead atoms. The van der Waals surface area contributed by atoms with Crippen LogP contribution in [0.15, 0.2) is 18.2 Å². The topological polar surface area (TPSA) is 76.2 Å². The molecule has 1 rings (SSSR count). The molecule has 108 valence electrons. The standard InChI is InChI=1S/C15H20N2O3/c1-4-12-6-7-14(13(10-12)17(18)19)20-9-5-8-15(2,3)11-16/h6-7,10H,4-5,8-9H2,1-3H3. The molecular weight excluding hydrogens is 256 g/mol. The van der Waals surface area contributed by atoms with Gasteiger partial charge in [-0.3, -0.25) is 10.1 Å². The van der Waals surface area contributed by atoms with Crippen molar-refractivity contribution in [3.63, 3.8) is 0 Å². The van der Waals surface area contributed by atoms with E-state index in [0.717, 1.165) is 12.0 Å². The van der Waals surface area contributed by atoms with E-state index in [4.69, 9.17) is 10.00 Å². The highest BCUT2D eigenvalue weighted by Crippen LogP contribution is 2.29. The Balaban J connectivity index is 2.65. The van der Waals surface area contributed by atoms with E-state index in [1.165, 1.54) is 0 Å². The number of hydrogen-bond acceptors (Lipinski definition) is 4. The molecule has 0 amide bonds. The van der Waals surface area contributed by atoms with Crippen molar-refractivity contribution < 1.29 is 9.66 Å². The van der Waals surface area contributed by atoms with Crippen LogP contribution in [-0.4, -0.2) is 11.5 Å². The fraction of sp³-hybridized carbons (Fsp3) is 0.533. The van der Waals surface area contributed by atoms with Gasteiger partial charge >= 0.3 is 5.69 Å². The summed E-state index contributed by atoms with van der Waals surface area (Å²) in [5.74, 6) is 0.293. The number of ether oxygens (including phenoxy) is 1. The quantitative estimate of drug-likeness (QED) is 0.430. The molecule has 1 aromatic carbocycles. The van der Waals surface area contributed by atoms with E-state index in [9.17, 15) is 10.1 Å². The summed E-state index contributed by atoms with van der Waals surface area (Å²) in [6, 6.07) is 7.25. The first kappa shape index (κ1) is 16.0. The van der Waals surface area contributed by atoms with Gasteiger partial charge in [0.2, 0.25) is 0 Å². The zero-order valence-corrected chi connectivity index (χ0v) is 12.2. The average molecular weight is 276 g/mol. The molecule has 0 saturated heterocycles. The minimum absolute atomic E-state index is 0.00360. The van der Waals surface area contributed by atoms with Gasteiger partial charge in [0.05, 0.1) is 23.0 Å². The van der Waals surface area contributed by atoms with Crippen LogP contribution in [0.5, 0.6) is 5.75 Å². The number of benzene rings is 1. The Kier molecular flexibility index (Phi) is 5.51. The maximum atomic E-state index is 11.0. The number of nitrogens with zero attached hydrogens (tertiary/aromatic N) is 2. The van der Waals surface area contributed by atoms with Crippen LogP contribution in [0.3, 0.4) is 0 Å². The van der Waals surface area contributed by atoms with Gasteiger partial charge in [0, 0.05) is 6.07 Å². The summed E-state index contributed by atoms with van der Waals surface area (Å²) < 4.78 is 5.49. The molecule has 0 aromatic heterocycles. The third-order valence-corrected chi connectivity index (χ3v) is 3.13. The minimum Gasteiger partial charge on any atom is -0.487 e. The lowest BCUT2D eigenvalue weighted by Gasteiger charge is -2.14. The maximum absolute atomic E-state index is 11.0. The molecule has 5 heteroatoms. The Bertz CT molecular complexity index is 518. The third kappa shape index (κ3) is 4.54. The van der Waals surface area contributed by atoms with Crippen LogP contribution in [-0.2, 0) is 6.42 Å². The minimum atomic E-state index is -0.423. The molecule has 0 saturated carbocycles. The molecule has 20 heavy (non-hydrogen) atoms. The van der Waals surface area contributed by atoms with Gasteiger partial charge in [0.1, 0.15) is 0 Å². The zero-order chi connectivity index (χ0) is 15.2. The van der Waals surface area contributed by atoms with E-state index in [-0.39, 0.29) is 11.1 Å². The molecule has 0 aliphatic heterocycles. The van der Waals surface area contributed by atoms with Gasteiger partial charge in [-0.05, 0) is 44.7 Å². The summed E-state index contributed by atoms with van der Waals surface area (Å²) in [6.45, 7) is 6.05.